The Balaban J connectivity index is 1.90. The highest BCUT2D eigenvalue weighted by atomic mass is 16.5. The highest BCUT2D eigenvalue weighted by Crippen LogP contribution is 2.31. The fourth-order valence-electron chi connectivity index (χ4n) is 3.23. The molecular formula is C14H27N3O2. The summed E-state index contributed by atoms with van der Waals surface area (Å²) in [4.78, 5) is 16.4. The molecule has 1 saturated heterocycles. The third-order valence-electron chi connectivity index (χ3n) is 4.71. The molecule has 1 aliphatic heterocycles. The van der Waals surface area contributed by atoms with Crippen molar-refractivity contribution in [2.24, 2.45) is 5.73 Å². The molecule has 2 fully saturated rings. The number of hydrogen-bond donors (Lipinski definition) is 1. The molecule has 0 unspecified atom stereocenters. The van der Waals surface area contributed by atoms with E-state index in [1.54, 1.807) is 0 Å². The van der Waals surface area contributed by atoms with Gasteiger partial charge in [-0.1, -0.05) is 19.3 Å². The van der Waals surface area contributed by atoms with Gasteiger partial charge in [-0.25, -0.2) is 0 Å². The summed E-state index contributed by atoms with van der Waals surface area (Å²) >= 11 is 0. The maximum Gasteiger partial charge on any atom is 0.236 e. The molecule has 19 heavy (non-hydrogen) atoms. The Kier molecular flexibility index (Phi) is 5.19. The number of nitrogens with two attached hydrogens (primary N) is 1. The van der Waals surface area contributed by atoms with Crippen LogP contribution in [0.15, 0.2) is 0 Å². The quantitative estimate of drug-likeness (QED) is 0.804. The summed E-state index contributed by atoms with van der Waals surface area (Å²) in [6, 6.07) is 0. The predicted molar refractivity (Wildman–Crippen MR) is 74.9 cm³/mol. The molecule has 0 aromatic heterocycles. The average molecular weight is 269 g/mol. The maximum atomic E-state index is 12.3. The molecule has 1 saturated carbocycles. The van der Waals surface area contributed by atoms with E-state index >= 15 is 0 Å². The van der Waals surface area contributed by atoms with Gasteiger partial charge in [-0.05, 0) is 19.9 Å². The molecule has 110 valence electrons. The lowest BCUT2D eigenvalue weighted by atomic mass is 9.80. The molecule has 0 atom stereocenters. The number of morpholine rings is 1. The van der Waals surface area contributed by atoms with Crippen molar-refractivity contribution < 1.29 is 9.53 Å². The van der Waals surface area contributed by atoms with Gasteiger partial charge in [0.1, 0.15) is 0 Å². The minimum Gasteiger partial charge on any atom is -0.378 e. The lowest BCUT2D eigenvalue weighted by Crippen LogP contribution is -2.56. The number of likely N-dealkylation sites (N-methyl/N-ethyl adjacent to an activating group) is 1. The fraction of sp³-hybridized carbons (Fsp3) is 0.929. The first-order valence-corrected chi connectivity index (χ1v) is 7.45. The standard InChI is InChI=1S/C14H27N3O2/c1-16(14(12-15)5-3-2-4-6-14)11-13(18)17-7-9-19-10-8-17/h2-12,15H2,1H3. The van der Waals surface area contributed by atoms with Gasteiger partial charge >= 0.3 is 0 Å². The number of ether oxygens (including phenoxy) is 1. The van der Waals surface area contributed by atoms with E-state index in [4.69, 9.17) is 10.5 Å². The van der Waals surface area contributed by atoms with Crippen molar-refractivity contribution in [2.45, 2.75) is 37.6 Å². The van der Waals surface area contributed by atoms with Crippen LogP contribution in [0.5, 0.6) is 0 Å². The first-order valence-electron chi connectivity index (χ1n) is 7.45. The zero-order valence-corrected chi connectivity index (χ0v) is 12.1. The van der Waals surface area contributed by atoms with E-state index in [2.05, 4.69) is 11.9 Å². The third-order valence-corrected chi connectivity index (χ3v) is 4.71. The zero-order chi connectivity index (χ0) is 13.7. The average Bonchev–Trinajstić information content (AvgIpc) is 2.48. The summed E-state index contributed by atoms with van der Waals surface area (Å²) in [5.74, 6) is 0.212. The Morgan fingerprint density at radius 1 is 1.26 bits per heavy atom. The fourth-order valence-corrected chi connectivity index (χ4v) is 3.23. The van der Waals surface area contributed by atoms with Crippen LogP contribution in [0.4, 0.5) is 0 Å². The van der Waals surface area contributed by atoms with E-state index in [0.29, 0.717) is 26.3 Å². The Bertz CT molecular complexity index is 297. The van der Waals surface area contributed by atoms with Crippen molar-refractivity contribution in [3.8, 4) is 0 Å². The number of nitrogens with zero attached hydrogens (tertiary/aromatic N) is 2. The Hall–Kier alpha value is -0.650. The molecular weight excluding hydrogens is 242 g/mol. The monoisotopic (exact) mass is 269 g/mol. The number of hydrogen-bond acceptors (Lipinski definition) is 4. The van der Waals surface area contributed by atoms with Crippen molar-refractivity contribution >= 4 is 5.91 Å². The largest absolute Gasteiger partial charge is 0.378 e. The third kappa shape index (κ3) is 3.46. The second kappa shape index (κ2) is 6.68. The summed E-state index contributed by atoms with van der Waals surface area (Å²) in [6.45, 7) is 3.91. The molecule has 0 bridgehead atoms. The molecule has 1 heterocycles. The van der Waals surface area contributed by atoms with E-state index in [0.717, 1.165) is 25.9 Å². The van der Waals surface area contributed by atoms with E-state index in [1.807, 2.05) is 4.90 Å². The Morgan fingerprint density at radius 3 is 2.47 bits per heavy atom. The summed E-state index contributed by atoms with van der Waals surface area (Å²) in [6.07, 6.45) is 6.00. The van der Waals surface area contributed by atoms with Crippen molar-refractivity contribution in [1.82, 2.24) is 9.80 Å². The molecule has 1 aliphatic carbocycles. The molecule has 2 aliphatic rings. The normalized spacial score (nSPS) is 23.6. The molecule has 2 rings (SSSR count). The van der Waals surface area contributed by atoms with Crippen molar-refractivity contribution in [2.75, 3.05) is 46.4 Å². The number of amides is 1. The van der Waals surface area contributed by atoms with Crippen LogP contribution < -0.4 is 5.73 Å². The smallest absolute Gasteiger partial charge is 0.236 e. The lowest BCUT2D eigenvalue weighted by molar-refractivity contribution is -0.138. The highest BCUT2D eigenvalue weighted by molar-refractivity contribution is 5.78. The Labute approximate surface area is 116 Å². The van der Waals surface area contributed by atoms with Gasteiger partial charge in [0.25, 0.3) is 0 Å². The Morgan fingerprint density at radius 2 is 1.89 bits per heavy atom. The maximum absolute atomic E-state index is 12.3. The minimum absolute atomic E-state index is 0.0419. The van der Waals surface area contributed by atoms with E-state index < -0.39 is 0 Å². The molecule has 0 radical (unpaired) electrons. The van der Waals surface area contributed by atoms with E-state index in [-0.39, 0.29) is 11.4 Å². The van der Waals surface area contributed by atoms with Gasteiger partial charge in [-0.2, -0.15) is 0 Å². The molecule has 0 aromatic carbocycles. The van der Waals surface area contributed by atoms with E-state index in [1.165, 1.54) is 19.3 Å². The molecule has 5 nitrogen and oxygen atoms in total. The van der Waals surface area contributed by atoms with Gasteiger partial charge in [0.05, 0.1) is 19.8 Å². The summed E-state index contributed by atoms with van der Waals surface area (Å²) < 4.78 is 5.28. The summed E-state index contributed by atoms with van der Waals surface area (Å²) in [5, 5.41) is 0. The summed E-state index contributed by atoms with van der Waals surface area (Å²) in [5.41, 5.74) is 6.05. The predicted octanol–water partition coefficient (Wildman–Crippen LogP) is 0.439. The first-order chi connectivity index (χ1) is 9.18. The van der Waals surface area contributed by atoms with Crippen molar-refractivity contribution in [3.05, 3.63) is 0 Å². The van der Waals surface area contributed by atoms with Crippen LogP contribution in [-0.4, -0.2) is 67.7 Å². The molecule has 1 amide bonds. The van der Waals surface area contributed by atoms with Crippen LogP contribution in [-0.2, 0) is 9.53 Å². The van der Waals surface area contributed by atoms with Crippen LogP contribution >= 0.6 is 0 Å². The van der Waals surface area contributed by atoms with Crippen LogP contribution in [0, 0.1) is 0 Å². The van der Waals surface area contributed by atoms with Gasteiger partial charge in [-0.3, -0.25) is 9.69 Å². The van der Waals surface area contributed by atoms with Gasteiger partial charge < -0.3 is 15.4 Å². The van der Waals surface area contributed by atoms with Gasteiger partial charge in [0, 0.05) is 25.2 Å². The second-order valence-corrected chi connectivity index (χ2v) is 5.84. The first kappa shape index (κ1) is 14.8. The van der Waals surface area contributed by atoms with Gasteiger partial charge in [-0.15, -0.1) is 0 Å². The highest BCUT2D eigenvalue weighted by Gasteiger charge is 2.36. The van der Waals surface area contributed by atoms with Gasteiger partial charge in [0.2, 0.25) is 5.91 Å². The molecule has 0 aromatic rings. The molecule has 0 spiro atoms. The van der Waals surface area contributed by atoms with Crippen LogP contribution in [0.1, 0.15) is 32.1 Å². The SMILES string of the molecule is CN(CC(=O)N1CCOCC1)C1(CN)CCCCC1. The van der Waals surface area contributed by atoms with Crippen molar-refractivity contribution in [3.63, 3.8) is 0 Å². The van der Waals surface area contributed by atoms with Gasteiger partial charge in [0.15, 0.2) is 0 Å². The number of rotatable bonds is 4. The second-order valence-electron chi connectivity index (χ2n) is 5.84. The van der Waals surface area contributed by atoms with E-state index in [9.17, 15) is 4.79 Å². The summed E-state index contributed by atoms with van der Waals surface area (Å²) in [7, 11) is 2.05. The molecule has 2 N–H and O–H groups in total. The van der Waals surface area contributed by atoms with Crippen molar-refractivity contribution in [1.29, 1.82) is 0 Å². The number of carbonyl (C=O) groups excluding carboxylic acids is 1. The zero-order valence-electron chi connectivity index (χ0n) is 12.1. The van der Waals surface area contributed by atoms with Crippen LogP contribution in [0.25, 0.3) is 0 Å². The van der Waals surface area contributed by atoms with Crippen LogP contribution in [0.3, 0.4) is 0 Å². The topological polar surface area (TPSA) is 58.8 Å². The number of carbonyl (C=O) groups is 1. The minimum atomic E-state index is 0.0419. The lowest BCUT2D eigenvalue weighted by Gasteiger charge is -2.44. The molecule has 5 heteroatoms. The van der Waals surface area contributed by atoms with Crippen LogP contribution in [0.2, 0.25) is 0 Å².